The normalized spacial score (nSPS) is 15.2. The lowest BCUT2D eigenvalue weighted by Crippen LogP contribution is -2.43. The minimum atomic E-state index is -1.05. The average Bonchev–Trinajstić information content (AvgIpc) is 3.03. The highest BCUT2D eigenvalue weighted by atomic mass is 16.5. The number of fused-ring (bicyclic) bond motifs is 1. The molecule has 0 aliphatic carbocycles. The van der Waals surface area contributed by atoms with Crippen molar-refractivity contribution in [2.45, 2.75) is 25.9 Å². The van der Waals surface area contributed by atoms with E-state index in [1.54, 1.807) is 43.1 Å². The van der Waals surface area contributed by atoms with E-state index in [2.05, 4.69) is 10.3 Å². The molecule has 0 bridgehead atoms. The van der Waals surface area contributed by atoms with Crippen molar-refractivity contribution in [2.24, 2.45) is 0 Å². The van der Waals surface area contributed by atoms with Crippen LogP contribution in [0.3, 0.4) is 0 Å². The molecule has 9 heteroatoms. The van der Waals surface area contributed by atoms with Gasteiger partial charge in [-0.15, -0.1) is 0 Å². The van der Waals surface area contributed by atoms with Gasteiger partial charge in [-0.05, 0) is 43.7 Å². The third-order valence-electron chi connectivity index (χ3n) is 6.12. The number of pyridine rings is 1. The number of carbonyl (C=O) groups is 2. The number of hydrogen-bond donors (Lipinski definition) is 2. The number of imide groups is 1. The molecule has 0 saturated carbocycles. The van der Waals surface area contributed by atoms with Gasteiger partial charge in [0.25, 0.3) is 5.91 Å². The summed E-state index contributed by atoms with van der Waals surface area (Å²) < 4.78 is 11.2. The lowest BCUT2D eigenvalue weighted by molar-refractivity contribution is -0.123. The third-order valence-corrected chi connectivity index (χ3v) is 6.12. The van der Waals surface area contributed by atoms with Crippen LogP contribution in [-0.2, 0) is 11.3 Å². The Balaban J connectivity index is 1.60. The summed E-state index contributed by atoms with van der Waals surface area (Å²) in [6.07, 6.45) is 1.72. The molecule has 0 atom stereocenters. The number of methoxy groups -OCH3 is 1. The second-order valence-electron chi connectivity index (χ2n) is 8.71. The highest BCUT2D eigenvalue weighted by Crippen LogP contribution is 2.38. The Hall–Kier alpha value is -3.69. The van der Waals surface area contributed by atoms with Crippen LogP contribution in [0.15, 0.2) is 54.7 Å². The summed E-state index contributed by atoms with van der Waals surface area (Å²) in [7, 11) is 1.53. The third kappa shape index (κ3) is 4.78. The van der Waals surface area contributed by atoms with E-state index in [0.717, 1.165) is 16.5 Å². The number of aliphatic hydroxyl groups excluding tert-OH is 1. The fourth-order valence-corrected chi connectivity index (χ4v) is 4.15. The van der Waals surface area contributed by atoms with Crippen molar-refractivity contribution in [3.63, 3.8) is 0 Å². The summed E-state index contributed by atoms with van der Waals surface area (Å²) in [5, 5.41) is 12.9. The second kappa shape index (κ2) is 10.3. The largest absolute Gasteiger partial charge is 0.493 e. The van der Waals surface area contributed by atoms with Gasteiger partial charge in [0.15, 0.2) is 11.5 Å². The molecule has 0 radical (unpaired) electrons. The zero-order valence-electron chi connectivity index (χ0n) is 20.2. The van der Waals surface area contributed by atoms with Crippen molar-refractivity contribution in [1.29, 1.82) is 0 Å². The maximum atomic E-state index is 13.6. The summed E-state index contributed by atoms with van der Waals surface area (Å²) in [6.45, 7) is 5.14. The zero-order valence-corrected chi connectivity index (χ0v) is 20.2. The molecule has 1 saturated heterocycles. The highest BCUT2D eigenvalue weighted by molar-refractivity contribution is 6.23. The van der Waals surface area contributed by atoms with E-state index in [1.165, 1.54) is 12.0 Å². The first kappa shape index (κ1) is 24.4. The monoisotopic (exact) mass is 478 g/mol. The zero-order chi connectivity index (χ0) is 25.0. The van der Waals surface area contributed by atoms with Gasteiger partial charge < -0.3 is 24.8 Å². The van der Waals surface area contributed by atoms with Gasteiger partial charge in [-0.2, -0.15) is 0 Å². The first-order valence-electron chi connectivity index (χ1n) is 11.5. The number of anilines is 1. The van der Waals surface area contributed by atoms with Crippen LogP contribution >= 0.6 is 0 Å². The summed E-state index contributed by atoms with van der Waals surface area (Å²) in [5.74, 6) is 0.601. The van der Waals surface area contributed by atoms with Crippen LogP contribution in [0.1, 0.15) is 19.4 Å². The van der Waals surface area contributed by atoms with E-state index in [0.29, 0.717) is 36.9 Å². The summed E-state index contributed by atoms with van der Waals surface area (Å²) in [5.41, 5.74) is 1.12. The number of aromatic nitrogens is 1. The predicted octanol–water partition coefficient (Wildman–Crippen LogP) is 2.95. The maximum absolute atomic E-state index is 13.6. The van der Waals surface area contributed by atoms with E-state index < -0.39 is 11.6 Å². The Bertz CT molecular complexity index is 1220. The smallest absolute Gasteiger partial charge is 0.332 e. The van der Waals surface area contributed by atoms with Crippen LogP contribution in [0, 0.1) is 0 Å². The van der Waals surface area contributed by atoms with Crippen LogP contribution in [0.5, 0.6) is 11.5 Å². The lowest BCUT2D eigenvalue weighted by atomic mass is 10.0. The van der Waals surface area contributed by atoms with Gasteiger partial charge in [0, 0.05) is 37.3 Å². The fraction of sp³-hybridized carbons (Fsp3) is 0.346. The molecular formula is C26H30N4O5. The number of hydrogen-bond acceptors (Lipinski definition) is 7. The van der Waals surface area contributed by atoms with Gasteiger partial charge in [-0.1, -0.05) is 18.2 Å². The van der Waals surface area contributed by atoms with Crippen molar-refractivity contribution < 1.29 is 24.2 Å². The SMILES string of the molecule is COc1ccc(N2C(=O)N(Cc3ccnc4ccccc34)C(C)(C)C2=O)cc1OCCNCCO. The molecular weight excluding hydrogens is 448 g/mol. The first-order valence-corrected chi connectivity index (χ1v) is 11.5. The molecule has 9 nitrogen and oxygen atoms in total. The molecule has 2 heterocycles. The number of amides is 3. The van der Waals surface area contributed by atoms with E-state index in [1.807, 2.05) is 30.3 Å². The minimum absolute atomic E-state index is 0.0412. The van der Waals surface area contributed by atoms with E-state index in [4.69, 9.17) is 14.6 Å². The number of benzene rings is 2. The van der Waals surface area contributed by atoms with Gasteiger partial charge in [0.1, 0.15) is 12.1 Å². The Kier molecular flexibility index (Phi) is 7.18. The molecule has 4 rings (SSSR count). The highest BCUT2D eigenvalue weighted by Gasteiger charge is 2.52. The Morgan fingerprint density at radius 3 is 2.63 bits per heavy atom. The molecule has 3 aromatic rings. The molecule has 1 aliphatic heterocycles. The summed E-state index contributed by atoms with van der Waals surface area (Å²) in [6, 6.07) is 14.2. The lowest BCUT2D eigenvalue weighted by Gasteiger charge is -2.28. The number of urea groups is 1. The van der Waals surface area contributed by atoms with E-state index in [-0.39, 0.29) is 19.1 Å². The van der Waals surface area contributed by atoms with Crippen molar-refractivity contribution >= 4 is 28.5 Å². The van der Waals surface area contributed by atoms with Gasteiger partial charge >= 0.3 is 6.03 Å². The molecule has 0 unspecified atom stereocenters. The van der Waals surface area contributed by atoms with Crippen LogP contribution in [-0.4, -0.2) is 65.9 Å². The fourth-order valence-electron chi connectivity index (χ4n) is 4.15. The van der Waals surface area contributed by atoms with Crippen molar-refractivity contribution in [3.05, 3.63) is 60.3 Å². The van der Waals surface area contributed by atoms with Gasteiger partial charge in [0.2, 0.25) is 0 Å². The van der Waals surface area contributed by atoms with Crippen LogP contribution in [0.4, 0.5) is 10.5 Å². The topological polar surface area (TPSA) is 104 Å². The average molecular weight is 479 g/mol. The molecule has 1 aliphatic rings. The quantitative estimate of drug-likeness (QED) is 0.341. The summed E-state index contributed by atoms with van der Waals surface area (Å²) in [4.78, 5) is 34.2. The molecule has 0 spiro atoms. The van der Waals surface area contributed by atoms with Crippen molar-refractivity contribution in [2.75, 3.05) is 38.3 Å². The summed E-state index contributed by atoms with van der Waals surface area (Å²) >= 11 is 0. The van der Waals surface area contributed by atoms with Crippen LogP contribution in [0.2, 0.25) is 0 Å². The van der Waals surface area contributed by atoms with Crippen LogP contribution in [0.25, 0.3) is 10.9 Å². The molecule has 2 aromatic carbocycles. The van der Waals surface area contributed by atoms with E-state index >= 15 is 0 Å². The van der Waals surface area contributed by atoms with Crippen LogP contribution < -0.4 is 19.7 Å². The number of carbonyl (C=O) groups excluding carboxylic acids is 2. The number of nitrogens with zero attached hydrogens (tertiary/aromatic N) is 3. The molecule has 1 fully saturated rings. The standard InChI is InChI=1S/C26H30N4O5/c1-26(2)24(32)30(19-8-9-22(34-3)23(16-19)35-15-13-27-12-14-31)25(33)29(26)17-18-10-11-28-21-7-5-4-6-20(18)21/h4-11,16,27,31H,12-15,17H2,1-3H3. The number of nitrogens with one attached hydrogen (secondary N) is 1. The molecule has 1 aromatic heterocycles. The van der Waals surface area contributed by atoms with Crippen molar-refractivity contribution in [3.8, 4) is 11.5 Å². The minimum Gasteiger partial charge on any atom is -0.493 e. The molecule has 3 amide bonds. The van der Waals surface area contributed by atoms with Gasteiger partial charge in [0.05, 0.1) is 24.9 Å². The van der Waals surface area contributed by atoms with E-state index in [9.17, 15) is 9.59 Å². The van der Waals surface area contributed by atoms with Crippen molar-refractivity contribution in [1.82, 2.24) is 15.2 Å². The number of para-hydroxylation sites is 1. The second-order valence-corrected chi connectivity index (χ2v) is 8.71. The first-order chi connectivity index (χ1) is 16.9. The number of rotatable bonds is 10. The van der Waals surface area contributed by atoms with Gasteiger partial charge in [-0.25, -0.2) is 9.69 Å². The van der Waals surface area contributed by atoms with Gasteiger partial charge in [-0.3, -0.25) is 9.78 Å². The Labute approximate surface area is 204 Å². The number of aliphatic hydroxyl groups is 1. The predicted molar refractivity (Wildman–Crippen MR) is 133 cm³/mol. The maximum Gasteiger partial charge on any atom is 0.332 e. The Morgan fingerprint density at radius 1 is 1.06 bits per heavy atom. The number of ether oxygens (including phenoxy) is 2. The molecule has 184 valence electrons. The Morgan fingerprint density at radius 2 is 1.86 bits per heavy atom. The molecule has 2 N–H and O–H groups in total. The molecule has 35 heavy (non-hydrogen) atoms.